The van der Waals surface area contributed by atoms with Crippen molar-refractivity contribution in [1.29, 1.82) is 0 Å². The van der Waals surface area contributed by atoms with Gasteiger partial charge in [-0.3, -0.25) is 9.78 Å². The number of nitrogens with zero attached hydrogens (tertiary/aromatic N) is 2. The van der Waals surface area contributed by atoms with Gasteiger partial charge in [0.15, 0.2) is 6.61 Å². The molecule has 0 aliphatic carbocycles. The minimum absolute atomic E-state index is 0.176. The monoisotopic (exact) mass is 481 g/mol. The van der Waals surface area contributed by atoms with Crippen LogP contribution in [0.5, 0.6) is 5.75 Å². The molecule has 0 saturated heterocycles. The van der Waals surface area contributed by atoms with Gasteiger partial charge in [-0.2, -0.15) is 0 Å². The maximum absolute atomic E-state index is 13.1. The molecule has 0 saturated carbocycles. The van der Waals surface area contributed by atoms with E-state index in [1.807, 2.05) is 43.3 Å². The zero-order valence-corrected chi connectivity index (χ0v) is 19.8. The number of esters is 1. The Kier molecular flexibility index (Phi) is 6.32. The van der Waals surface area contributed by atoms with E-state index in [1.54, 1.807) is 43.5 Å². The molecule has 2 aromatic heterocycles. The summed E-state index contributed by atoms with van der Waals surface area (Å²) in [5.74, 6) is -0.125. The summed E-state index contributed by atoms with van der Waals surface area (Å²) >= 11 is 0. The molecule has 180 valence electrons. The molecule has 1 N–H and O–H groups in total. The maximum atomic E-state index is 13.1. The number of anilines is 1. The van der Waals surface area contributed by atoms with Crippen LogP contribution in [0, 0.1) is 13.8 Å². The Hall–Kier alpha value is -4.72. The first-order valence-corrected chi connectivity index (χ1v) is 11.4. The summed E-state index contributed by atoms with van der Waals surface area (Å²) in [4.78, 5) is 29.9. The van der Waals surface area contributed by atoms with Crippen molar-refractivity contribution in [2.45, 2.75) is 20.5 Å². The van der Waals surface area contributed by atoms with Crippen molar-refractivity contribution in [2.75, 3.05) is 11.9 Å². The Morgan fingerprint density at radius 3 is 2.56 bits per heavy atom. The van der Waals surface area contributed by atoms with Crippen molar-refractivity contribution in [3.63, 3.8) is 0 Å². The molecule has 3 aromatic carbocycles. The minimum atomic E-state index is -0.663. The summed E-state index contributed by atoms with van der Waals surface area (Å²) in [6, 6.07) is 20.2. The normalized spacial score (nSPS) is 10.9. The Labute approximate surface area is 206 Å². The number of carbonyl (C=O) groups excluding carboxylic acids is 2. The molecular formula is C28H23N3O5. The van der Waals surface area contributed by atoms with Crippen molar-refractivity contribution in [2.24, 2.45) is 0 Å². The summed E-state index contributed by atoms with van der Waals surface area (Å²) in [5.41, 5.74) is 3.10. The molecule has 1 amide bonds. The Bertz CT molecular complexity index is 1570. The minimum Gasteiger partial charge on any atom is -0.488 e. The Morgan fingerprint density at radius 1 is 0.972 bits per heavy atom. The average Bonchev–Trinajstić information content (AvgIpc) is 3.22. The second-order valence-electron chi connectivity index (χ2n) is 8.29. The predicted molar refractivity (Wildman–Crippen MR) is 135 cm³/mol. The van der Waals surface area contributed by atoms with Gasteiger partial charge in [-0.15, -0.1) is 0 Å². The quantitative estimate of drug-likeness (QED) is 0.312. The van der Waals surface area contributed by atoms with Crippen LogP contribution in [0.4, 0.5) is 5.69 Å². The van der Waals surface area contributed by atoms with E-state index in [4.69, 9.17) is 14.0 Å². The molecule has 5 rings (SSSR count). The summed E-state index contributed by atoms with van der Waals surface area (Å²) < 4.78 is 16.6. The van der Waals surface area contributed by atoms with Gasteiger partial charge >= 0.3 is 5.97 Å². The van der Waals surface area contributed by atoms with Crippen LogP contribution in [0.25, 0.3) is 21.7 Å². The summed E-state index contributed by atoms with van der Waals surface area (Å²) in [6.07, 6.45) is 1.69. The number of fused-ring (bicyclic) bond motifs is 2. The standard InChI is InChI=1S/C28H23N3O5/c1-17-23(18(2)36-31-17)15-34-26-14-20-8-4-3-7-19(20)13-22(26)28(33)35-16-27(32)30-25-11-5-10-24-21(25)9-6-12-29-24/h3-14H,15-16H2,1-2H3,(H,30,32). The van der Waals surface area contributed by atoms with Crippen LogP contribution >= 0.6 is 0 Å². The van der Waals surface area contributed by atoms with Gasteiger partial charge in [0.05, 0.1) is 22.5 Å². The van der Waals surface area contributed by atoms with Gasteiger partial charge in [0.25, 0.3) is 5.91 Å². The molecule has 0 bridgehead atoms. The number of nitrogens with one attached hydrogen (secondary N) is 1. The largest absolute Gasteiger partial charge is 0.488 e. The van der Waals surface area contributed by atoms with E-state index >= 15 is 0 Å². The molecule has 2 heterocycles. The number of ether oxygens (including phenoxy) is 2. The van der Waals surface area contributed by atoms with Crippen molar-refractivity contribution in [3.05, 3.63) is 95.5 Å². The van der Waals surface area contributed by atoms with Crippen molar-refractivity contribution in [1.82, 2.24) is 10.1 Å². The van der Waals surface area contributed by atoms with Gasteiger partial charge < -0.3 is 19.3 Å². The van der Waals surface area contributed by atoms with Crippen molar-refractivity contribution >= 4 is 39.2 Å². The molecule has 5 aromatic rings. The average molecular weight is 482 g/mol. The fourth-order valence-corrected chi connectivity index (χ4v) is 3.96. The number of aromatic nitrogens is 2. The Balaban J connectivity index is 1.33. The second kappa shape index (κ2) is 9.87. The molecular weight excluding hydrogens is 458 g/mol. The third-order valence-corrected chi connectivity index (χ3v) is 5.88. The highest BCUT2D eigenvalue weighted by molar-refractivity contribution is 6.03. The van der Waals surface area contributed by atoms with Gasteiger partial charge in [-0.1, -0.05) is 35.5 Å². The number of hydrogen-bond acceptors (Lipinski definition) is 7. The maximum Gasteiger partial charge on any atom is 0.342 e. The Morgan fingerprint density at radius 2 is 1.78 bits per heavy atom. The number of carbonyl (C=O) groups is 2. The lowest BCUT2D eigenvalue weighted by Crippen LogP contribution is -2.21. The van der Waals surface area contributed by atoms with Crippen LogP contribution in [0.2, 0.25) is 0 Å². The number of hydrogen-bond donors (Lipinski definition) is 1. The molecule has 36 heavy (non-hydrogen) atoms. The zero-order valence-electron chi connectivity index (χ0n) is 19.8. The summed E-state index contributed by atoms with van der Waals surface area (Å²) in [7, 11) is 0. The van der Waals surface area contributed by atoms with Gasteiger partial charge in [0.2, 0.25) is 0 Å². The molecule has 0 fully saturated rings. The van der Waals surface area contributed by atoms with E-state index in [1.165, 1.54) is 0 Å². The van der Waals surface area contributed by atoms with Crippen molar-refractivity contribution < 1.29 is 23.6 Å². The molecule has 0 spiro atoms. The van der Waals surface area contributed by atoms with E-state index in [-0.39, 0.29) is 12.2 Å². The molecule has 8 nitrogen and oxygen atoms in total. The number of aryl methyl sites for hydroxylation is 2. The van der Waals surface area contributed by atoms with Crippen LogP contribution in [0.1, 0.15) is 27.4 Å². The highest BCUT2D eigenvalue weighted by Crippen LogP contribution is 2.28. The lowest BCUT2D eigenvalue weighted by Gasteiger charge is -2.13. The van der Waals surface area contributed by atoms with Gasteiger partial charge in [-0.25, -0.2) is 4.79 Å². The molecule has 0 atom stereocenters. The third kappa shape index (κ3) is 4.74. The topological polar surface area (TPSA) is 104 Å². The van der Waals surface area contributed by atoms with Crippen LogP contribution < -0.4 is 10.1 Å². The molecule has 0 aliphatic heterocycles. The van der Waals surface area contributed by atoms with Crippen LogP contribution in [-0.4, -0.2) is 28.6 Å². The molecule has 0 aliphatic rings. The molecule has 8 heteroatoms. The van der Waals surface area contributed by atoms with Crippen molar-refractivity contribution in [3.8, 4) is 5.75 Å². The predicted octanol–water partition coefficient (Wildman–Crippen LogP) is 5.37. The third-order valence-electron chi connectivity index (χ3n) is 5.88. The molecule has 0 radical (unpaired) electrons. The number of benzene rings is 3. The van der Waals surface area contributed by atoms with Gasteiger partial charge in [-0.05, 0) is 61.0 Å². The van der Waals surface area contributed by atoms with E-state index in [2.05, 4.69) is 15.5 Å². The number of amides is 1. The fraction of sp³-hybridized carbons (Fsp3) is 0.143. The highest BCUT2D eigenvalue weighted by atomic mass is 16.5. The van der Waals surface area contributed by atoms with E-state index in [0.29, 0.717) is 17.2 Å². The van der Waals surface area contributed by atoms with E-state index < -0.39 is 18.5 Å². The lowest BCUT2D eigenvalue weighted by atomic mass is 10.1. The van der Waals surface area contributed by atoms with Crippen LogP contribution in [-0.2, 0) is 16.1 Å². The van der Waals surface area contributed by atoms with Gasteiger partial charge in [0.1, 0.15) is 23.7 Å². The van der Waals surface area contributed by atoms with Crippen LogP contribution in [0.3, 0.4) is 0 Å². The van der Waals surface area contributed by atoms with E-state index in [9.17, 15) is 9.59 Å². The SMILES string of the molecule is Cc1noc(C)c1COc1cc2ccccc2cc1C(=O)OCC(=O)Nc1cccc2ncccc12. The molecule has 0 unspecified atom stereocenters. The first kappa shape index (κ1) is 23.0. The smallest absolute Gasteiger partial charge is 0.342 e. The summed E-state index contributed by atoms with van der Waals surface area (Å²) in [6.45, 7) is 3.36. The zero-order chi connectivity index (χ0) is 25.1. The van der Waals surface area contributed by atoms with Gasteiger partial charge in [0, 0.05) is 11.6 Å². The first-order chi connectivity index (χ1) is 17.5. The summed E-state index contributed by atoms with van der Waals surface area (Å²) in [5, 5.41) is 9.28. The lowest BCUT2D eigenvalue weighted by molar-refractivity contribution is -0.119. The first-order valence-electron chi connectivity index (χ1n) is 11.4. The highest BCUT2D eigenvalue weighted by Gasteiger charge is 2.19. The van der Waals surface area contributed by atoms with Crippen LogP contribution in [0.15, 0.2) is 77.4 Å². The van der Waals surface area contributed by atoms with E-state index in [0.717, 1.165) is 32.9 Å². The second-order valence-corrected chi connectivity index (χ2v) is 8.29. The number of rotatable bonds is 7. The fourth-order valence-electron chi connectivity index (χ4n) is 3.96. The number of pyridine rings is 1.